The number of hydrogen-bond donors (Lipinski definition) is 3. The summed E-state index contributed by atoms with van der Waals surface area (Å²) in [5.74, 6) is -1.04. The van der Waals surface area contributed by atoms with Crippen molar-refractivity contribution >= 4 is 21.9 Å². The number of nitrogens with zero attached hydrogens (tertiary/aromatic N) is 1. The van der Waals surface area contributed by atoms with Crippen LogP contribution in [0.25, 0.3) is 0 Å². The first kappa shape index (κ1) is 24.4. The molecule has 160 valence electrons. The van der Waals surface area contributed by atoms with Gasteiger partial charge in [-0.1, -0.05) is 44.7 Å². The molecule has 0 aromatic heterocycles. The van der Waals surface area contributed by atoms with Gasteiger partial charge in [-0.15, -0.1) is 0 Å². The molecule has 0 saturated heterocycles. The number of nitrogens with one attached hydrogen (secondary N) is 2. The van der Waals surface area contributed by atoms with E-state index in [9.17, 15) is 13.2 Å². The number of likely N-dealkylation sites (N-methyl/N-ethyl adjacent to an activating group) is 1. The highest BCUT2D eigenvalue weighted by Crippen LogP contribution is 2.14. The fraction of sp³-hybridized carbons (Fsp3) is 0.650. The van der Waals surface area contributed by atoms with Crippen molar-refractivity contribution in [2.75, 3.05) is 32.4 Å². The number of hydrogen-bond acceptors (Lipinski definition) is 3. The number of anilines is 1. The molecule has 0 saturated carbocycles. The van der Waals surface area contributed by atoms with Crippen LogP contribution >= 0.6 is 0 Å². The lowest BCUT2D eigenvalue weighted by molar-refractivity contribution is -0.871. The van der Waals surface area contributed by atoms with Gasteiger partial charge in [-0.3, -0.25) is 9.52 Å². The second-order valence-electron chi connectivity index (χ2n) is 8.35. The van der Waals surface area contributed by atoms with Gasteiger partial charge in [0.05, 0.1) is 40.2 Å². The molecule has 0 aliphatic carbocycles. The van der Waals surface area contributed by atoms with Crippen molar-refractivity contribution in [2.45, 2.75) is 57.9 Å². The van der Waals surface area contributed by atoms with Gasteiger partial charge in [0.1, 0.15) is 0 Å². The summed E-state index contributed by atoms with van der Waals surface area (Å²) < 4.78 is 30.2. The molecule has 0 fully saturated rings. The quantitative estimate of drug-likeness (QED) is 0.322. The van der Waals surface area contributed by atoms with E-state index in [0.29, 0.717) is 16.7 Å². The number of rotatable bonds is 14. The van der Waals surface area contributed by atoms with Crippen LogP contribution in [0.4, 0.5) is 5.69 Å². The first-order valence-electron chi connectivity index (χ1n) is 9.92. The fourth-order valence-corrected chi connectivity index (χ4v) is 4.19. The van der Waals surface area contributed by atoms with Crippen LogP contribution in [0, 0.1) is 0 Å². The molecule has 8 heteroatoms. The average molecular weight is 415 g/mol. The molecule has 1 atom stereocenters. The molecule has 1 aromatic rings. The molecule has 1 unspecified atom stereocenters. The normalized spacial score (nSPS) is 13.3. The highest BCUT2D eigenvalue weighted by Gasteiger charge is 2.25. The predicted octanol–water partition coefficient (Wildman–Crippen LogP) is 3.00. The van der Waals surface area contributed by atoms with Gasteiger partial charge in [-0.25, -0.2) is 0 Å². The van der Waals surface area contributed by atoms with Crippen molar-refractivity contribution in [3.8, 4) is 0 Å². The van der Waals surface area contributed by atoms with Gasteiger partial charge in [0, 0.05) is 5.69 Å². The van der Waals surface area contributed by atoms with E-state index in [4.69, 9.17) is 5.11 Å². The summed E-state index contributed by atoms with van der Waals surface area (Å²) in [4.78, 5) is 11.1. The first-order valence-corrected chi connectivity index (χ1v) is 11.4. The minimum atomic E-state index is -3.87. The maximum atomic E-state index is 12.4. The molecule has 7 nitrogen and oxygen atoms in total. The van der Waals surface area contributed by atoms with Gasteiger partial charge in [0.2, 0.25) is 0 Å². The van der Waals surface area contributed by atoms with Gasteiger partial charge in [0.15, 0.2) is 0 Å². The molecule has 0 bridgehead atoms. The third-order valence-electron chi connectivity index (χ3n) is 4.29. The Bertz CT molecular complexity index is 697. The van der Waals surface area contributed by atoms with E-state index in [0.717, 1.165) is 12.8 Å². The third kappa shape index (κ3) is 11.3. The van der Waals surface area contributed by atoms with Crippen LogP contribution in [-0.4, -0.2) is 57.7 Å². The molecule has 0 aliphatic heterocycles. The van der Waals surface area contributed by atoms with E-state index >= 15 is 0 Å². The van der Waals surface area contributed by atoms with Crippen molar-refractivity contribution in [1.82, 2.24) is 4.72 Å². The number of carbonyl (C=O) groups is 1. The van der Waals surface area contributed by atoms with Crippen LogP contribution in [0.5, 0.6) is 0 Å². The number of carboxylic acids is 1. The zero-order chi connectivity index (χ0) is 21.2. The fourth-order valence-electron chi connectivity index (χ4n) is 3.09. The first-order chi connectivity index (χ1) is 13.0. The summed E-state index contributed by atoms with van der Waals surface area (Å²) in [5, 5.41) is 9.05. The molecular weight excluding hydrogens is 378 g/mol. The Balaban J connectivity index is 2.62. The lowest BCUT2D eigenvalue weighted by atomic mass is 10.1. The van der Waals surface area contributed by atoms with Crippen LogP contribution in [0.15, 0.2) is 24.3 Å². The standard InChI is InChI=1S/C20H35N3O4S/c1-5-6-7-8-9-10-17-11-13-18(14-12-17)21-28(26,27)22-19(15-20(24)25)16-23(2,3)4/h11-14,19,21-22H,5-10,15-16H2,1-4H3/p+1. The van der Waals surface area contributed by atoms with Crippen LogP contribution < -0.4 is 9.44 Å². The van der Waals surface area contributed by atoms with Gasteiger partial charge in [0.25, 0.3) is 10.2 Å². The second-order valence-corrected chi connectivity index (χ2v) is 9.80. The van der Waals surface area contributed by atoms with E-state index in [1.54, 1.807) is 12.1 Å². The second kappa shape index (κ2) is 11.4. The zero-order valence-electron chi connectivity index (χ0n) is 17.6. The Kier molecular flexibility index (Phi) is 9.92. The van der Waals surface area contributed by atoms with Crippen molar-refractivity contribution < 1.29 is 22.8 Å². The third-order valence-corrected chi connectivity index (χ3v) is 5.43. The highest BCUT2D eigenvalue weighted by molar-refractivity contribution is 7.90. The Hall–Kier alpha value is -1.64. The molecular formula is C20H36N3O4S+. The van der Waals surface area contributed by atoms with Crippen LogP contribution in [-0.2, 0) is 21.4 Å². The Morgan fingerprint density at radius 2 is 1.68 bits per heavy atom. The van der Waals surface area contributed by atoms with Gasteiger partial charge < -0.3 is 9.59 Å². The lowest BCUT2D eigenvalue weighted by Crippen LogP contribution is -2.50. The predicted molar refractivity (Wildman–Crippen MR) is 114 cm³/mol. The zero-order valence-corrected chi connectivity index (χ0v) is 18.4. The van der Waals surface area contributed by atoms with Crippen molar-refractivity contribution in [2.24, 2.45) is 0 Å². The molecule has 0 radical (unpaired) electrons. The number of unbranched alkanes of at least 4 members (excludes halogenated alkanes) is 4. The van der Waals surface area contributed by atoms with E-state index in [1.807, 2.05) is 33.3 Å². The Morgan fingerprint density at radius 3 is 2.21 bits per heavy atom. The van der Waals surface area contributed by atoms with Crippen molar-refractivity contribution in [3.63, 3.8) is 0 Å². The Labute approximate surface area is 169 Å². The smallest absolute Gasteiger partial charge is 0.305 e. The largest absolute Gasteiger partial charge is 0.481 e. The van der Waals surface area contributed by atoms with E-state index in [1.165, 1.54) is 31.2 Å². The minimum absolute atomic E-state index is 0.270. The summed E-state index contributed by atoms with van der Waals surface area (Å²) in [6, 6.07) is 6.65. The number of quaternary nitrogens is 1. The maximum Gasteiger partial charge on any atom is 0.305 e. The van der Waals surface area contributed by atoms with E-state index < -0.39 is 22.2 Å². The van der Waals surface area contributed by atoms with Gasteiger partial charge >= 0.3 is 5.97 Å². The number of aliphatic carboxylic acids is 1. The molecule has 0 heterocycles. The van der Waals surface area contributed by atoms with E-state index in [-0.39, 0.29) is 6.42 Å². The van der Waals surface area contributed by atoms with Crippen LogP contribution in [0.1, 0.15) is 51.0 Å². The van der Waals surface area contributed by atoms with Crippen LogP contribution in [0.2, 0.25) is 0 Å². The summed E-state index contributed by atoms with van der Waals surface area (Å²) in [6.07, 6.45) is 6.81. The maximum absolute atomic E-state index is 12.4. The van der Waals surface area contributed by atoms with Gasteiger partial charge in [-0.05, 0) is 30.5 Å². The Morgan fingerprint density at radius 1 is 1.07 bits per heavy atom. The molecule has 1 rings (SSSR count). The number of aryl methyl sites for hydroxylation is 1. The van der Waals surface area contributed by atoms with Crippen molar-refractivity contribution in [3.05, 3.63) is 29.8 Å². The molecule has 3 N–H and O–H groups in total. The lowest BCUT2D eigenvalue weighted by Gasteiger charge is -2.29. The molecule has 0 amide bonds. The van der Waals surface area contributed by atoms with Crippen molar-refractivity contribution in [1.29, 1.82) is 0 Å². The monoisotopic (exact) mass is 414 g/mol. The average Bonchev–Trinajstić information content (AvgIpc) is 2.53. The summed E-state index contributed by atoms with van der Waals surface area (Å²) >= 11 is 0. The van der Waals surface area contributed by atoms with E-state index in [2.05, 4.69) is 16.4 Å². The van der Waals surface area contributed by atoms with Gasteiger partial charge in [-0.2, -0.15) is 13.1 Å². The highest BCUT2D eigenvalue weighted by atomic mass is 32.2. The summed E-state index contributed by atoms with van der Waals surface area (Å²) in [5.41, 5.74) is 1.64. The molecule has 0 spiro atoms. The SMILES string of the molecule is CCCCCCCc1ccc(NS(=O)(=O)NC(CC(=O)O)C[N+](C)(C)C)cc1. The van der Waals surface area contributed by atoms with Crippen LogP contribution in [0.3, 0.4) is 0 Å². The molecule has 1 aromatic carbocycles. The number of carboxylic acid groups (broad SMARTS) is 1. The minimum Gasteiger partial charge on any atom is -0.481 e. The molecule has 0 aliphatic rings. The molecule has 28 heavy (non-hydrogen) atoms. The number of benzene rings is 1. The summed E-state index contributed by atoms with van der Waals surface area (Å²) in [6.45, 7) is 2.56. The summed E-state index contributed by atoms with van der Waals surface area (Å²) in [7, 11) is 1.79. The topological polar surface area (TPSA) is 95.5 Å².